The molecule has 3 saturated carbocycles. The second-order valence-electron chi connectivity index (χ2n) is 10.4. The molecule has 3 aliphatic rings. The van der Waals surface area contributed by atoms with Crippen molar-refractivity contribution in [3.63, 3.8) is 0 Å². The van der Waals surface area contributed by atoms with Gasteiger partial charge in [0.1, 0.15) is 0 Å². The summed E-state index contributed by atoms with van der Waals surface area (Å²) in [4.78, 5) is 0. The van der Waals surface area contributed by atoms with Crippen molar-refractivity contribution in [2.24, 2.45) is 58.7 Å². The van der Waals surface area contributed by atoms with E-state index >= 15 is 0 Å². The number of rotatable bonds is 3. The number of nitriles is 1. The lowest BCUT2D eigenvalue weighted by Gasteiger charge is -2.44. The first-order valence-electron chi connectivity index (χ1n) is 10.7. The van der Waals surface area contributed by atoms with Gasteiger partial charge in [-0.05, 0) is 91.8 Å². The molecule has 6 unspecified atom stereocenters. The summed E-state index contributed by atoms with van der Waals surface area (Å²) in [7, 11) is 0. The van der Waals surface area contributed by atoms with Crippen molar-refractivity contribution in [2.45, 2.75) is 80.1 Å². The summed E-state index contributed by atoms with van der Waals surface area (Å²) in [6, 6.07) is 3.06. The molecule has 0 aliphatic heterocycles. The first kappa shape index (κ1) is 18.3. The van der Waals surface area contributed by atoms with E-state index in [1.807, 2.05) is 0 Å². The Morgan fingerprint density at radius 2 is 0.750 bits per heavy atom. The van der Waals surface area contributed by atoms with Gasteiger partial charge in [0.25, 0.3) is 0 Å². The van der Waals surface area contributed by atoms with Crippen molar-refractivity contribution >= 4 is 0 Å². The topological polar surface area (TPSA) is 23.8 Å². The molecule has 0 bridgehead atoms. The fourth-order valence-corrected chi connectivity index (χ4v) is 6.82. The second-order valence-corrected chi connectivity index (χ2v) is 10.4. The van der Waals surface area contributed by atoms with Gasteiger partial charge >= 0.3 is 0 Å². The highest BCUT2D eigenvalue weighted by atomic mass is 14.6. The maximum absolute atomic E-state index is 10.6. The van der Waals surface area contributed by atoms with Crippen molar-refractivity contribution < 1.29 is 0 Å². The summed E-state index contributed by atoms with van der Waals surface area (Å²) in [5, 5.41) is 10.6. The summed E-state index contributed by atoms with van der Waals surface area (Å²) in [5.74, 6) is 6.76. The van der Waals surface area contributed by atoms with Crippen molar-refractivity contribution in [3.8, 4) is 6.07 Å². The monoisotopic (exact) mass is 329 g/mol. The van der Waals surface area contributed by atoms with Gasteiger partial charge in [-0.1, -0.05) is 41.5 Å². The number of nitrogens with zero attached hydrogens (tertiary/aromatic N) is 1. The van der Waals surface area contributed by atoms with Gasteiger partial charge < -0.3 is 0 Å². The summed E-state index contributed by atoms with van der Waals surface area (Å²) >= 11 is 0. The molecule has 1 nitrogen and oxygen atoms in total. The SMILES string of the molecule is CC1CC(C(C#N)(C2CC(C)C(C)C2)C2CC(C)C(C)C2)CC1C. The van der Waals surface area contributed by atoms with Crippen LogP contribution in [0.1, 0.15) is 80.1 Å². The molecule has 0 spiro atoms. The molecule has 0 heterocycles. The van der Waals surface area contributed by atoms with Crippen LogP contribution in [-0.2, 0) is 0 Å². The highest BCUT2D eigenvalue weighted by Gasteiger charge is 2.57. The molecule has 0 aromatic rings. The van der Waals surface area contributed by atoms with Crippen LogP contribution in [-0.4, -0.2) is 0 Å². The lowest BCUT2D eigenvalue weighted by atomic mass is 9.57. The molecule has 1 heteroatoms. The molecule has 0 saturated heterocycles. The zero-order chi connectivity index (χ0) is 17.6. The Morgan fingerprint density at radius 3 is 0.917 bits per heavy atom. The molecule has 0 radical (unpaired) electrons. The van der Waals surface area contributed by atoms with Crippen LogP contribution in [0.5, 0.6) is 0 Å². The maximum Gasteiger partial charge on any atom is 0.0698 e. The van der Waals surface area contributed by atoms with E-state index < -0.39 is 0 Å². The zero-order valence-electron chi connectivity index (χ0n) is 16.9. The molecule has 24 heavy (non-hydrogen) atoms. The van der Waals surface area contributed by atoms with Crippen LogP contribution in [0.15, 0.2) is 0 Å². The summed E-state index contributed by atoms with van der Waals surface area (Å²) < 4.78 is 0. The van der Waals surface area contributed by atoms with Gasteiger partial charge in [-0.25, -0.2) is 0 Å². The number of hydrogen-bond acceptors (Lipinski definition) is 1. The van der Waals surface area contributed by atoms with E-state index in [9.17, 15) is 5.26 Å². The van der Waals surface area contributed by atoms with Crippen LogP contribution in [0.4, 0.5) is 0 Å². The lowest BCUT2D eigenvalue weighted by Crippen LogP contribution is -2.41. The van der Waals surface area contributed by atoms with Gasteiger partial charge in [0, 0.05) is 0 Å². The summed E-state index contributed by atoms with van der Waals surface area (Å²) in [6.45, 7) is 14.5. The van der Waals surface area contributed by atoms with Crippen molar-refractivity contribution in [1.82, 2.24) is 0 Å². The molecule has 136 valence electrons. The van der Waals surface area contributed by atoms with Gasteiger partial charge in [0.15, 0.2) is 0 Å². The van der Waals surface area contributed by atoms with Crippen LogP contribution < -0.4 is 0 Å². The fraction of sp³-hybridized carbons (Fsp3) is 0.957. The van der Waals surface area contributed by atoms with Crippen LogP contribution >= 0.6 is 0 Å². The normalized spacial score (nSPS) is 51.5. The second kappa shape index (κ2) is 6.66. The smallest absolute Gasteiger partial charge is 0.0698 e. The Kier molecular flexibility index (Phi) is 5.07. The van der Waals surface area contributed by atoms with Gasteiger partial charge in [-0.15, -0.1) is 0 Å². The van der Waals surface area contributed by atoms with Crippen LogP contribution in [0, 0.1) is 70.0 Å². The maximum atomic E-state index is 10.6. The Bertz CT molecular complexity index is 399. The molecule has 3 aliphatic carbocycles. The minimum absolute atomic E-state index is 0.0307. The standard InChI is InChI=1S/C23H39N/c1-14-7-20(8-15(14)2)23(13-24,21-9-16(3)17(4)10-21)22-11-18(5)19(6)12-22/h14-22H,7-12H2,1-6H3. The third kappa shape index (κ3) is 2.83. The van der Waals surface area contributed by atoms with E-state index in [4.69, 9.17) is 0 Å². The van der Waals surface area contributed by atoms with E-state index in [1.54, 1.807) is 0 Å². The van der Waals surface area contributed by atoms with E-state index in [1.165, 1.54) is 38.5 Å². The third-order valence-electron chi connectivity index (χ3n) is 9.07. The van der Waals surface area contributed by atoms with E-state index in [0.29, 0.717) is 17.8 Å². The van der Waals surface area contributed by atoms with Crippen molar-refractivity contribution in [2.75, 3.05) is 0 Å². The average Bonchev–Trinajstić information content (AvgIpc) is 3.14. The molecule has 6 atom stereocenters. The minimum atomic E-state index is -0.0307. The summed E-state index contributed by atoms with van der Waals surface area (Å²) in [5.41, 5.74) is -0.0307. The third-order valence-corrected chi connectivity index (χ3v) is 9.07. The highest BCUT2D eigenvalue weighted by molar-refractivity contribution is 5.15. The molecule has 0 aromatic carbocycles. The Labute approximate surface area is 150 Å². The van der Waals surface area contributed by atoms with E-state index in [0.717, 1.165) is 35.5 Å². The largest absolute Gasteiger partial charge is 0.198 e. The van der Waals surface area contributed by atoms with Gasteiger partial charge in [-0.3, -0.25) is 0 Å². The Balaban J connectivity index is 1.95. The molecule has 0 N–H and O–H groups in total. The van der Waals surface area contributed by atoms with Crippen molar-refractivity contribution in [3.05, 3.63) is 0 Å². The lowest BCUT2D eigenvalue weighted by molar-refractivity contribution is 0.0582. The molecule has 0 amide bonds. The minimum Gasteiger partial charge on any atom is -0.198 e. The molecule has 3 fully saturated rings. The first-order chi connectivity index (χ1) is 11.3. The molecular formula is C23H39N. The molecule has 0 aromatic heterocycles. The highest BCUT2D eigenvalue weighted by Crippen LogP contribution is 2.62. The average molecular weight is 330 g/mol. The quantitative estimate of drug-likeness (QED) is 0.576. The predicted octanol–water partition coefficient (Wildman–Crippen LogP) is 6.54. The Morgan fingerprint density at radius 1 is 0.542 bits per heavy atom. The van der Waals surface area contributed by atoms with Gasteiger partial charge in [0.05, 0.1) is 11.5 Å². The summed E-state index contributed by atoms with van der Waals surface area (Å²) in [6.07, 6.45) is 7.79. The zero-order valence-corrected chi connectivity index (χ0v) is 16.9. The van der Waals surface area contributed by atoms with Gasteiger partial charge in [-0.2, -0.15) is 5.26 Å². The van der Waals surface area contributed by atoms with Gasteiger partial charge in [0.2, 0.25) is 0 Å². The fourth-order valence-electron chi connectivity index (χ4n) is 6.82. The first-order valence-corrected chi connectivity index (χ1v) is 10.7. The van der Waals surface area contributed by atoms with Crippen LogP contribution in [0.3, 0.4) is 0 Å². The Hall–Kier alpha value is -0.510. The molecule has 3 rings (SSSR count). The van der Waals surface area contributed by atoms with Crippen molar-refractivity contribution in [1.29, 1.82) is 5.26 Å². The van der Waals surface area contributed by atoms with Crippen LogP contribution in [0.25, 0.3) is 0 Å². The molecular weight excluding hydrogens is 290 g/mol. The number of hydrogen-bond donors (Lipinski definition) is 0. The van der Waals surface area contributed by atoms with E-state index in [2.05, 4.69) is 47.6 Å². The van der Waals surface area contributed by atoms with Crippen LogP contribution in [0.2, 0.25) is 0 Å². The van der Waals surface area contributed by atoms with E-state index in [-0.39, 0.29) is 5.41 Å². The predicted molar refractivity (Wildman–Crippen MR) is 101 cm³/mol.